The molecule has 1 saturated heterocycles. The minimum absolute atomic E-state index is 0.183. The topological polar surface area (TPSA) is 55.1 Å². The largest absolute Gasteiger partial charge is 0.348 e. The molecule has 3 N–H and O–H groups in total. The summed E-state index contributed by atoms with van der Waals surface area (Å²) in [5.74, 6) is -1.53. The van der Waals surface area contributed by atoms with Crippen molar-refractivity contribution in [3.63, 3.8) is 0 Å². The third-order valence-electron chi connectivity index (χ3n) is 2.41. The van der Waals surface area contributed by atoms with E-state index >= 15 is 0 Å². The van der Waals surface area contributed by atoms with E-state index in [0.717, 1.165) is 6.07 Å². The fourth-order valence-corrected chi connectivity index (χ4v) is 1.76. The van der Waals surface area contributed by atoms with Crippen molar-refractivity contribution in [3.05, 3.63) is 35.4 Å². The van der Waals surface area contributed by atoms with Gasteiger partial charge in [0, 0.05) is 18.5 Å². The summed E-state index contributed by atoms with van der Waals surface area (Å²) in [6.07, 6.45) is 0.183. The summed E-state index contributed by atoms with van der Waals surface area (Å²) in [5, 5.41) is 2.58. The van der Waals surface area contributed by atoms with Crippen molar-refractivity contribution in [1.82, 2.24) is 5.32 Å². The number of halogens is 2. The summed E-state index contributed by atoms with van der Waals surface area (Å²) in [5.41, 5.74) is 6.04. The number of benzene rings is 1. The fraction of sp³-hybridized carbons (Fsp3) is 0.300. The van der Waals surface area contributed by atoms with E-state index in [0.29, 0.717) is 5.56 Å². The highest BCUT2D eigenvalue weighted by Gasteiger charge is 2.30. The molecule has 0 bridgehead atoms. The van der Waals surface area contributed by atoms with Crippen molar-refractivity contribution >= 4 is 5.91 Å². The SMILES string of the molecule is N[C@@H]1CC(=O)N[C@H]1c1cc(F)cc(F)c1. The van der Waals surface area contributed by atoms with Crippen molar-refractivity contribution in [2.45, 2.75) is 18.5 Å². The summed E-state index contributed by atoms with van der Waals surface area (Å²) in [4.78, 5) is 11.0. The number of hydrogen-bond donors (Lipinski definition) is 2. The lowest BCUT2D eigenvalue weighted by atomic mass is 10.0. The van der Waals surface area contributed by atoms with E-state index in [4.69, 9.17) is 5.73 Å². The molecule has 1 heterocycles. The van der Waals surface area contributed by atoms with E-state index in [1.54, 1.807) is 0 Å². The highest BCUT2D eigenvalue weighted by Crippen LogP contribution is 2.24. The van der Waals surface area contributed by atoms with E-state index in [2.05, 4.69) is 5.32 Å². The summed E-state index contributed by atoms with van der Waals surface area (Å²) in [6.45, 7) is 0. The van der Waals surface area contributed by atoms with Gasteiger partial charge >= 0.3 is 0 Å². The second kappa shape index (κ2) is 3.58. The van der Waals surface area contributed by atoms with Crippen LogP contribution in [-0.2, 0) is 4.79 Å². The van der Waals surface area contributed by atoms with Gasteiger partial charge in [-0.1, -0.05) is 0 Å². The van der Waals surface area contributed by atoms with Gasteiger partial charge in [-0.2, -0.15) is 0 Å². The first-order chi connectivity index (χ1) is 7.06. The Kier molecular flexibility index (Phi) is 2.40. The van der Waals surface area contributed by atoms with Crippen LogP contribution in [0.2, 0.25) is 0 Å². The average Bonchev–Trinajstić information content (AvgIpc) is 2.43. The minimum atomic E-state index is -0.668. The zero-order valence-corrected chi connectivity index (χ0v) is 7.84. The maximum Gasteiger partial charge on any atom is 0.222 e. The van der Waals surface area contributed by atoms with E-state index in [1.165, 1.54) is 12.1 Å². The molecule has 0 aliphatic carbocycles. The van der Waals surface area contributed by atoms with Gasteiger partial charge in [0.15, 0.2) is 0 Å². The monoisotopic (exact) mass is 212 g/mol. The van der Waals surface area contributed by atoms with Gasteiger partial charge in [0.1, 0.15) is 11.6 Å². The lowest BCUT2D eigenvalue weighted by molar-refractivity contribution is -0.119. The molecule has 5 heteroatoms. The number of nitrogens with one attached hydrogen (secondary N) is 1. The summed E-state index contributed by atoms with van der Waals surface area (Å²) in [7, 11) is 0. The average molecular weight is 212 g/mol. The molecule has 0 aromatic heterocycles. The van der Waals surface area contributed by atoms with Crippen LogP contribution < -0.4 is 11.1 Å². The van der Waals surface area contributed by atoms with Crippen molar-refractivity contribution < 1.29 is 13.6 Å². The molecule has 80 valence electrons. The standard InChI is InChI=1S/C10H10F2N2O/c11-6-1-5(2-7(12)3-6)10-8(13)4-9(15)14-10/h1-3,8,10H,4,13H2,(H,14,15)/t8-,10+/m1/s1. The molecule has 0 radical (unpaired) electrons. The molecule has 0 unspecified atom stereocenters. The van der Waals surface area contributed by atoms with Crippen LogP contribution in [0.15, 0.2) is 18.2 Å². The van der Waals surface area contributed by atoms with Gasteiger partial charge in [-0.3, -0.25) is 4.79 Å². The van der Waals surface area contributed by atoms with Gasteiger partial charge in [-0.25, -0.2) is 8.78 Å². The molecule has 1 aliphatic heterocycles. The molecule has 3 nitrogen and oxygen atoms in total. The van der Waals surface area contributed by atoms with Gasteiger partial charge in [0.05, 0.1) is 6.04 Å². The van der Waals surface area contributed by atoms with Crippen LogP contribution in [0.25, 0.3) is 0 Å². The normalized spacial score (nSPS) is 25.4. The quantitative estimate of drug-likeness (QED) is 0.725. The predicted octanol–water partition coefficient (Wildman–Crippen LogP) is 0.853. The minimum Gasteiger partial charge on any atom is -0.348 e. The predicted molar refractivity (Wildman–Crippen MR) is 49.8 cm³/mol. The smallest absolute Gasteiger partial charge is 0.222 e. The van der Waals surface area contributed by atoms with Crippen molar-refractivity contribution in [2.24, 2.45) is 5.73 Å². The lowest BCUT2D eigenvalue weighted by Gasteiger charge is -2.15. The van der Waals surface area contributed by atoms with Crippen LogP contribution in [0, 0.1) is 11.6 Å². The van der Waals surface area contributed by atoms with Crippen LogP contribution in [0.4, 0.5) is 8.78 Å². The number of rotatable bonds is 1. The molecular weight excluding hydrogens is 202 g/mol. The molecule has 2 atom stereocenters. The van der Waals surface area contributed by atoms with E-state index < -0.39 is 23.7 Å². The molecule has 1 aromatic rings. The zero-order chi connectivity index (χ0) is 11.0. The number of nitrogens with two attached hydrogens (primary N) is 1. The van der Waals surface area contributed by atoms with E-state index in [1.807, 2.05) is 0 Å². The molecule has 0 saturated carbocycles. The Balaban J connectivity index is 2.33. The van der Waals surface area contributed by atoms with Crippen LogP contribution in [0.5, 0.6) is 0 Å². The number of amides is 1. The molecule has 2 rings (SSSR count). The first-order valence-electron chi connectivity index (χ1n) is 4.57. The van der Waals surface area contributed by atoms with Crippen LogP contribution in [0.3, 0.4) is 0 Å². The molecule has 1 aliphatic rings. The second-order valence-electron chi connectivity index (χ2n) is 3.62. The van der Waals surface area contributed by atoms with Crippen molar-refractivity contribution in [3.8, 4) is 0 Å². The van der Waals surface area contributed by atoms with Crippen LogP contribution in [-0.4, -0.2) is 11.9 Å². The zero-order valence-electron chi connectivity index (χ0n) is 7.84. The maximum atomic E-state index is 12.9. The van der Waals surface area contributed by atoms with Crippen LogP contribution in [0.1, 0.15) is 18.0 Å². The first-order valence-corrected chi connectivity index (χ1v) is 4.57. The van der Waals surface area contributed by atoms with Gasteiger partial charge in [-0.05, 0) is 17.7 Å². The van der Waals surface area contributed by atoms with E-state index in [-0.39, 0.29) is 12.3 Å². The second-order valence-corrected chi connectivity index (χ2v) is 3.62. The number of carbonyl (C=O) groups excluding carboxylic acids is 1. The summed E-state index contributed by atoms with van der Waals surface area (Å²) < 4.78 is 25.8. The van der Waals surface area contributed by atoms with E-state index in [9.17, 15) is 13.6 Å². The Hall–Kier alpha value is -1.49. The number of carbonyl (C=O) groups is 1. The first kappa shape index (κ1) is 10.0. The summed E-state index contributed by atoms with van der Waals surface area (Å²) >= 11 is 0. The molecular formula is C10H10F2N2O. The Labute approximate surface area is 85.3 Å². The molecule has 0 spiro atoms. The Morgan fingerprint density at radius 3 is 2.33 bits per heavy atom. The highest BCUT2D eigenvalue weighted by molar-refractivity contribution is 5.80. The Morgan fingerprint density at radius 2 is 1.87 bits per heavy atom. The van der Waals surface area contributed by atoms with Gasteiger partial charge in [-0.15, -0.1) is 0 Å². The Bertz CT molecular complexity index is 388. The summed E-state index contributed by atoms with van der Waals surface area (Å²) in [6, 6.07) is 2.21. The third kappa shape index (κ3) is 1.97. The lowest BCUT2D eigenvalue weighted by Crippen LogP contribution is -2.28. The number of hydrogen-bond acceptors (Lipinski definition) is 2. The van der Waals surface area contributed by atoms with Gasteiger partial charge in [0.2, 0.25) is 5.91 Å². The molecule has 15 heavy (non-hydrogen) atoms. The van der Waals surface area contributed by atoms with Crippen molar-refractivity contribution in [1.29, 1.82) is 0 Å². The molecule has 1 aromatic carbocycles. The maximum absolute atomic E-state index is 12.9. The van der Waals surface area contributed by atoms with Gasteiger partial charge < -0.3 is 11.1 Å². The fourth-order valence-electron chi connectivity index (χ4n) is 1.76. The van der Waals surface area contributed by atoms with Crippen LogP contribution >= 0.6 is 0 Å². The Morgan fingerprint density at radius 1 is 1.27 bits per heavy atom. The van der Waals surface area contributed by atoms with Gasteiger partial charge in [0.25, 0.3) is 0 Å². The molecule has 1 fully saturated rings. The highest BCUT2D eigenvalue weighted by atomic mass is 19.1. The molecule has 1 amide bonds. The van der Waals surface area contributed by atoms with Crippen molar-refractivity contribution in [2.75, 3.05) is 0 Å². The third-order valence-corrected chi connectivity index (χ3v) is 2.41.